The molecule has 25 heavy (non-hydrogen) atoms. The summed E-state index contributed by atoms with van der Waals surface area (Å²) < 4.78 is 0. The minimum Gasteiger partial charge on any atom is -0.354 e. The van der Waals surface area contributed by atoms with Gasteiger partial charge in [0.05, 0.1) is 11.1 Å². The van der Waals surface area contributed by atoms with Crippen molar-refractivity contribution in [3.63, 3.8) is 0 Å². The van der Waals surface area contributed by atoms with Crippen LogP contribution in [0.15, 0.2) is 72.8 Å². The molecular weight excluding hydrogens is 306 g/mol. The van der Waals surface area contributed by atoms with Gasteiger partial charge in [0.2, 0.25) is 0 Å². The number of benzene rings is 4. The molecule has 4 aromatic carbocycles. The molecule has 2 heteroatoms. The fourth-order valence-corrected chi connectivity index (χ4v) is 4.25. The lowest BCUT2D eigenvalue weighted by atomic mass is 10.00. The molecule has 0 saturated carbocycles. The second-order valence-corrected chi connectivity index (χ2v) is 6.62. The molecule has 6 rings (SSSR count). The van der Waals surface area contributed by atoms with Gasteiger partial charge in [-0.2, -0.15) is 0 Å². The van der Waals surface area contributed by atoms with Crippen LogP contribution in [-0.2, 0) is 0 Å². The molecule has 0 amide bonds. The number of fused-ring (bicyclic) bond motifs is 9. The quantitative estimate of drug-likeness (QED) is 0.383. The van der Waals surface area contributed by atoms with Gasteiger partial charge in [0.15, 0.2) is 5.78 Å². The van der Waals surface area contributed by atoms with Crippen molar-refractivity contribution in [2.45, 2.75) is 0 Å². The number of nitrogens with one attached hydrogen (secondary N) is 1. The Morgan fingerprint density at radius 1 is 0.640 bits per heavy atom. The number of carbonyl (C=O) groups is 1. The predicted molar refractivity (Wildman–Crippen MR) is 102 cm³/mol. The first-order valence-corrected chi connectivity index (χ1v) is 8.43. The fraction of sp³-hybridized carbons (Fsp3) is 0. The molecule has 0 spiro atoms. The van der Waals surface area contributed by atoms with Gasteiger partial charge in [-0.25, -0.2) is 0 Å². The van der Waals surface area contributed by atoms with Gasteiger partial charge in [-0.05, 0) is 28.0 Å². The van der Waals surface area contributed by atoms with Crippen molar-refractivity contribution in [3.8, 4) is 11.1 Å². The van der Waals surface area contributed by atoms with E-state index in [0.29, 0.717) is 0 Å². The summed E-state index contributed by atoms with van der Waals surface area (Å²) in [7, 11) is 0. The van der Waals surface area contributed by atoms with Crippen LogP contribution in [0.4, 0.5) is 0 Å². The topological polar surface area (TPSA) is 32.9 Å². The van der Waals surface area contributed by atoms with Gasteiger partial charge in [0.25, 0.3) is 0 Å². The summed E-state index contributed by atoms with van der Waals surface area (Å²) >= 11 is 0. The standard InChI is InChI=1S/C23H13NO/c25-23-17-8-4-3-7-15(17)16-10-11-18-20-14-6-2-1-5-13(14)9-12-19(20)24-22(18)21(16)23/h1-12,24H. The van der Waals surface area contributed by atoms with E-state index in [1.165, 1.54) is 16.2 Å². The molecule has 0 atom stereocenters. The van der Waals surface area contributed by atoms with Crippen LogP contribution in [0.25, 0.3) is 43.7 Å². The number of carbonyl (C=O) groups excluding carboxylic acids is 1. The average molecular weight is 319 g/mol. The zero-order chi connectivity index (χ0) is 16.5. The molecule has 0 fully saturated rings. The summed E-state index contributed by atoms with van der Waals surface area (Å²) in [5, 5.41) is 4.74. The number of hydrogen-bond acceptors (Lipinski definition) is 1. The third-order valence-electron chi connectivity index (χ3n) is 5.35. The average Bonchev–Trinajstić information content (AvgIpc) is 3.18. The lowest BCUT2D eigenvalue weighted by molar-refractivity contribution is 0.104. The van der Waals surface area contributed by atoms with Crippen molar-refractivity contribution in [2.75, 3.05) is 0 Å². The zero-order valence-corrected chi connectivity index (χ0v) is 13.3. The van der Waals surface area contributed by atoms with Gasteiger partial charge >= 0.3 is 0 Å². The van der Waals surface area contributed by atoms with Crippen LogP contribution in [0.1, 0.15) is 15.9 Å². The molecule has 1 aliphatic rings. The van der Waals surface area contributed by atoms with E-state index in [0.717, 1.165) is 38.7 Å². The van der Waals surface area contributed by atoms with E-state index >= 15 is 0 Å². The molecule has 0 radical (unpaired) electrons. The molecule has 1 N–H and O–H groups in total. The Balaban J connectivity index is 1.82. The summed E-state index contributed by atoms with van der Waals surface area (Å²) in [5.41, 5.74) is 5.69. The Hall–Kier alpha value is -3.39. The first-order valence-electron chi connectivity index (χ1n) is 8.43. The summed E-state index contributed by atoms with van der Waals surface area (Å²) in [6, 6.07) is 24.7. The van der Waals surface area contributed by atoms with Gasteiger partial charge in [0, 0.05) is 21.9 Å². The van der Waals surface area contributed by atoms with Crippen molar-refractivity contribution in [2.24, 2.45) is 0 Å². The van der Waals surface area contributed by atoms with E-state index in [2.05, 4.69) is 53.5 Å². The second kappa shape index (κ2) is 4.37. The van der Waals surface area contributed by atoms with Gasteiger partial charge in [0.1, 0.15) is 0 Å². The summed E-state index contributed by atoms with van der Waals surface area (Å²) in [6.45, 7) is 0. The maximum Gasteiger partial charge on any atom is 0.196 e. The van der Waals surface area contributed by atoms with Crippen molar-refractivity contribution >= 4 is 38.4 Å². The van der Waals surface area contributed by atoms with Crippen molar-refractivity contribution in [3.05, 3.63) is 83.9 Å². The minimum atomic E-state index is 0.118. The van der Waals surface area contributed by atoms with Crippen LogP contribution >= 0.6 is 0 Å². The van der Waals surface area contributed by atoms with Crippen molar-refractivity contribution in [1.82, 2.24) is 4.98 Å². The monoisotopic (exact) mass is 319 g/mol. The fourth-order valence-electron chi connectivity index (χ4n) is 4.25. The molecule has 1 heterocycles. The molecule has 5 aromatic rings. The van der Waals surface area contributed by atoms with E-state index in [1.807, 2.05) is 24.3 Å². The van der Waals surface area contributed by atoms with Crippen molar-refractivity contribution < 1.29 is 4.79 Å². The van der Waals surface area contributed by atoms with Gasteiger partial charge in [-0.1, -0.05) is 66.7 Å². The summed E-state index contributed by atoms with van der Waals surface area (Å²) in [5.74, 6) is 0.118. The number of ketones is 1. The third-order valence-corrected chi connectivity index (χ3v) is 5.35. The van der Waals surface area contributed by atoms with Crippen LogP contribution in [0, 0.1) is 0 Å². The van der Waals surface area contributed by atoms with Gasteiger partial charge in [-0.3, -0.25) is 4.79 Å². The SMILES string of the molecule is O=C1c2ccccc2-c2ccc3c([nH]c4ccc5ccccc5c43)c21. The van der Waals surface area contributed by atoms with E-state index in [-0.39, 0.29) is 5.78 Å². The molecule has 116 valence electrons. The highest BCUT2D eigenvalue weighted by Crippen LogP contribution is 2.42. The van der Waals surface area contributed by atoms with E-state index in [4.69, 9.17) is 0 Å². The third kappa shape index (κ3) is 1.52. The second-order valence-electron chi connectivity index (χ2n) is 6.62. The molecule has 0 bridgehead atoms. The van der Waals surface area contributed by atoms with Crippen LogP contribution in [0.3, 0.4) is 0 Å². The Kier molecular flexibility index (Phi) is 2.26. The maximum atomic E-state index is 13.0. The number of rotatable bonds is 0. The first-order chi connectivity index (χ1) is 12.3. The molecule has 0 unspecified atom stereocenters. The lowest BCUT2D eigenvalue weighted by Gasteiger charge is -2.02. The number of H-pyrrole nitrogens is 1. The smallest absolute Gasteiger partial charge is 0.196 e. The van der Waals surface area contributed by atoms with Crippen LogP contribution in [0.2, 0.25) is 0 Å². The highest BCUT2D eigenvalue weighted by Gasteiger charge is 2.29. The Morgan fingerprint density at radius 3 is 2.36 bits per heavy atom. The normalized spacial score (nSPS) is 12.9. The van der Waals surface area contributed by atoms with Gasteiger partial charge < -0.3 is 4.98 Å². The molecule has 0 aliphatic heterocycles. The highest BCUT2D eigenvalue weighted by molar-refractivity contribution is 6.31. The van der Waals surface area contributed by atoms with Crippen LogP contribution < -0.4 is 0 Å². The van der Waals surface area contributed by atoms with E-state index in [9.17, 15) is 4.79 Å². The Labute approximate surface area is 143 Å². The van der Waals surface area contributed by atoms with E-state index < -0.39 is 0 Å². The predicted octanol–water partition coefficient (Wildman–Crippen LogP) is 5.69. The Bertz CT molecular complexity index is 1360. The molecule has 1 aliphatic carbocycles. The molecular formula is C23H13NO. The number of aromatic amines is 1. The lowest BCUT2D eigenvalue weighted by Crippen LogP contribution is -1.95. The number of hydrogen-bond donors (Lipinski definition) is 1. The van der Waals surface area contributed by atoms with Gasteiger partial charge in [-0.15, -0.1) is 0 Å². The Morgan fingerprint density at radius 2 is 1.44 bits per heavy atom. The molecule has 1 aromatic heterocycles. The van der Waals surface area contributed by atoms with Crippen molar-refractivity contribution in [1.29, 1.82) is 0 Å². The minimum absolute atomic E-state index is 0.118. The molecule has 2 nitrogen and oxygen atoms in total. The van der Waals surface area contributed by atoms with Crippen LogP contribution in [0.5, 0.6) is 0 Å². The van der Waals surface area contributed by atoms with E-state index in [1.54, 1.807) is 0 Å². The largest absolute Gasteiger partial charge is 0.354 e. The maximum absolute atomic E-state index is 13.0. The first kappa shape index (κ1) is 13.0. The zero-order valence-electron chi connectivity index (χ0n) is 13.3. The number of aromatic nitrogens is 1. The van der Waals surface area contributed by atoms with Crippen LogP contribution in [-0.4, -0.2) is 10.8 Å². The molecule has 0 saturated heterocycles. The summed E-state index contributed by atoms with van der Waals surface area (Å²) in [6.07, 6.45) is 0. The highest BCUT2D eigenvalue weighted by atomic mass is 16.1. The summed E-state index contributed by atoms with van der Waals surface area (Å²) in [4.78, 5) is 16.5.